The van der Waals surface area contributed by atoms with Gasteiger partial charge in [0.2, 0.25) is 0 Å². The standard InChI is InChI=1S/C14H23N3O/c1-4-8-17(9-5-2)13-7-6-11(10-12(13)15)14(18)16-3/h6-7,10H,4-5,8-9,15H2,1-3H3,(H,16,18). The zero-order valence-corrected chi connectivity index (χ0v) is 11.5. The summed E-state index contributed by atoms with van der Waals surface area (Å²) in [6.07, 6.45) is 2.16. The van der Waals surface area contributed by atoms with E-state index in [0.717, 1.165) is 31.6 Å². The number of amides is 1. The molecule has 0 saturated heterocycles. The van der Waals surface area contributed by atoms with Crippen LogP contribution >= 0.6 is 0 Å². The third-order valence-corrected chi connectivity index (χ3v) is 2.84. The third kappa shape index (κ3) is 3.39. The van der Waals surface area contributed by atoms with Gasteiger partial charge >= 0.3 is 0 Å². The molecule has 0 atom stereocenters. The Morgan fingerprint density at radius 1 is 1.28 bits per heavy atom. The summed E-state index contributed by atoms with van der Waals surface area (Å²) in [6, 6.07) is 5.50. The van der Waals surface area contributed by atoms with Gasteiger partial charge in [0.1, 0.15) is 0 Å². The molecule has 0 aliphatic rings. The van der Waals surface area contributed by atoms with Crippen molar-refractivity contribution in [3.8, 4) is 0 Å². The fourth-order valence-electron chi connectivity index (χ4n) is 2.02. The van der Waals surface area contributed by atoms with Crippen LogP contribution in [0.4, 0.5) is 11.4 Å². The van der Waals surface area contributed by atoms with Gasteiger partial charge in [0.25, 0.3) is 5.91 Å². The molecular formula is C14H23N3O. The Kier molecular flexibility index (Phi) is 5.49. The molecule has 18 heavy (non-hydrogen) atoms. The van der Waals surface area contributed by atoms with Crippen molar-refractivity contribution >= 4 is 17.3 Å². The Labute approximate surface area is 109 Å². The summed E-state index contributed by atoms with van der Waals surface area (Å²) in [5.74, 6) is -0.106. The summed E-state index contributed by atoms with van der Waals surface area (Å²) in [7, 11) is 1.62. The lowest BCUT2D eigenvalue weighted by Gasteiger charge is -2.25. The molecule has 0 heterocycles. The molecule has 1 amide bonds. The molecule has 0 aliphatic heterocycles. The van der Waals surface area contributed by atoms with Gasteiger partial charge in [-0.2, -0.15) is 0 Å². The minimum absolute atomic E-state index is 0.106. The molecule has 1 aromatic rings. The summed E-state index contributed by atoms with van der Waals surface area (Å²) < 4.78 is 0. The molecule has 3 N–H and O–H groups in total. The van der Waals surface area contributed by atoms with Gasteiger partial charge in [-0.15, -0.1) is 0 Å². The maximum absolute atomic E-state index is 11.5. The van der Waals surface area contributed by atoms with Crippen molar-refractivity contribution in [1.29, 1.82) is 0 Å². The molecule has 0 saturated carbocycles. The highest BCUT2D eigenvalue weighted by molar-refractivity contribution is 5.96. The van der Waals surface area contributed by atoms with Gasteiger partial charge in [-0.3, -0.25) is 4.79 Å². The van der Waals surface area contributed by atoms with Crippen LogP contribution in [0.3, 0.4) is 0 Å². The summed E-state index contributed by atoms with van der Waals surface area (Å²) in [6.45, 7) is 6.27. The van der Waals surface area contributed by atoms with Crippen molar-refractivity contribution in [2.75, 3.05) is 30.8 Å². The number of anilines is 2. The Balaban J connectivity index is 2.98. The number of hydrogen-bond donors (Lipinski definition) is 2. The molecule has 0 radical (unpaired) electrons. The first kappa shape index (κ1) is 14.4. The van der Waals surface area contributed by atoms with Crippen LogP contribution in [0.2, 0.25) is 0 Å². The minimum Gasteiger partial charge on any atom is -0.397 e. The van der Waals surface area contributed by atoms with Gasteiger partial charge in [0, 0.05) is 25.7 Å². The number of rotatable bonds is 6. The van der Waals surface area contributed by atoms with Crippen LogP contribution in [0.25, 0.3) is 0 Å². The number of nitrogens with two attached hydrogens (primary N) is 1. The fourth-order valence-corrected chi connectivity index (χ4v) is 2.02. The van der Waals surface area contributed by atoms with E-state index in [0.29, 0.717) is 11.3 Å². The maximum Gasteiger partial charge on any atom is 0.251 e. The Bertz CT molecular complexity index is 398. The Morgan fingerprint density at radius 2 is 1.89 bits per heavy atom. The number of nitrogens with one attached hydrogen (secondary N) is 1. The second-order valence-corrected chi connectivity index (χ2v) is 4.34. The molecule has 0 aliphatic carbocycles. The smallest absolute Gasteiger partial charge is 0.251 e. The number of nitrogens with zero attached hydrogens (tertiary/aromatic N) is 1. The number of benzene rings is 1. The van der Waals surface area contributed by atoms with E-state index in [1.807, 2.05) is 12.1 Å². The lowest BCUT2D eigenvalue weighted by atomic mass is 10.1. The SMILES string of the molecule is CCCN(CCC)c1ccc(C(=O)NC)cc1N. The van der Waals surface area contributed by atoms with E-state index in [1.165, 1.54) is 0 Å². The number of nitrogen functional groups attached to an aromatic ring is 1. The van der Waals surface area contributed by atoms with Gasteiger partial charge in [0.05, 0.1) is 11.4 Å². The maximum atomic E-state index is 11.5. The summed E-state index contributed by atoms with van der Waals surface area (Å²) in [4.78, 5) is 13.8. The first-order valence-corrected chi connectivity index (χ1v) is 6.50. The van der Waals surface area contributed by atoms with E-state index in [-0.39, 0.29) is 5.91 Å². The molecule has 4 heteroatoms. The van der Waals surface area contributed by atoms with Crippen LogP contribution in [0.5, 0.6) is 0 Å². The Morgan fingerprint density at radius 3 is 2.33 bits per heavy atom. The second-order valence-electron chi connectivity index (χ2n) is 4.34. The fraction of sp³-hybridized carbons (Fsp3) is 0.500. The van der Waals surface area contributed by atoms with Crippen molar-refractivity contribution in [2.24, 2.45) is 0 Å². The molecule has 0 bridgehead atoms. The average molecular weight is 249 g/mol. The van der Waals surface area contributed by atoms with Crippen LogP contribution in [0, 0.1) is 0 Å². The van der Waals surface area contributed by atoms with Gasteiger partial charge in [-0.1, -0.05) is 13.8 Å². The van der Waals surface area contributed by atoms with Crippen LogP contribution in [-0.2, 0) is 0 Å². The number of carbonyl (C=O) groups is 1. The van der Waals surface area contributed by atoms with Crippen molar-refractivity contribution in [2.45, 2.75) is 26.7 Å². The van der Waals surface area contributed by atoms with E-state index in [2.05, 4.69) is 24.1 Å². The highest BCUT2D eigenvalue weighted by atomic mass is 16.1. The zero-order valence-electron chi connectivity index (χ0n) is 11.5. The molecule has 0 spiro atoms. The molecule has 100 valence electrons. The third-order valence-electron chi connectivity index (χ3n) is 2.84. The summed E-state index contributed by atoms with van der Waals surface area (Å²) in [5, 5.41) is 2.60. The highest BCUT2D eigenvalue weighted by Gasteiger charge is 2.11. The predicted molar refractivity (Wildman–Crippen MR) is 77.0 cm³/mol. The van der Waals surface area contributed by atoms with E-state index in [4.69, 9.17) is 5.73 Å². The molecule has 1 rings (SSSR count). The molecule has 0 fully saturated rings. The number of hydrogen-bond acceptors (Lipinski definition) is 3. The Hall–Kier alpha value is -1.71. The van der Waals surface area contributed by atoms with Gasteiger partial charge < -0.3 is 16.0 Å². The average Bonchev–Trinajstić information content (AvgIpc) is 2.37. The zero-order chi connectivity index (χ0) is 13.5. The molecule has 4 nitrogen and oxygen atoms in total. The van der Waals surface area contributed by atoms with Crippen molar-refractivity contribution in [3.05, 3.63) is 23.8 Å². The highest BCUT2D eigenvalue weighted by Crippen LogP contribution is 2.24. The topological polar surface area (TPSA) is 58.4 Å². The molecule has 0 unspecified atom stereocenters. The summed E-state index contributed by atoms with van der Waals surface area (Å²) >= 11 is 0. The van der Waals surface area contributed by atoms with E-state index in [9.17, 15) is 4.79 Å². The molecule has 1 aromatic carbocycles. The van der Waals surface area contributed by atoms with Crippen molar-refractivity contribution in [3.63, 3.8) is 0 Å². The van der Waals surface area contributed by atoms with Gasteiger partial charge in [-0.25, -0.2) is 0 Å². The molecular weight excluding hydrogens is 226 g/mol. The number of carbonyl (C=O) groups excluding carboxylic acids is 1. The molecule has 0 aromatic heterocycles. The lowest BCUT2D eigenvalue weighted by Crippen LogP contribution is -2.26. The quantitative estimate of drug-likeness (QED) is 0.760. The second kappa shape index (κ2) is 6.89. The van der Waals surface area contributed by atoms with E-state index < -0.39 is 0 Å². The minimum atomic E-state index is -0.106. The van der Waals surface area contributed by atoms with Crippen molar-refractivity contribution in [1.82, 2.24) is 5.32 Å². The van der Waals surface area contributed by atoms with Crippen LogP contribution < -0.4 is 16.0 Å². The van der Waals surface area contributed by atoms with Crippen LogP contribution in [0.15, 0.2) is 18.2 Å². The summed E-state index contributed by atoms with van der Waals surface area (Å²) in [5.41, 5.74) is 8.34. The first-order chi connectivity index (χ1) is 8.63. The lowest BCUT2D eigenvalue weighted by molar-refractivity contribution is 0.0963. The van der Waals surface area contributed by atoms with Gasteiger partial charge in [0.15, 0.2) is 0 Å². The monoisotopic (exact) mass is 249 g/mol. The van der Waals surface area contributed by atoms with Gasteiger partial charge in [-0.05, 0) is 31.0 Å². The first-order valence-electron chi connectivity index (χ1n) is 6.50. The van der Waals surface area contributed by atoms with Crippen LogP contribution in [0.1, 0.15) is 37.0 Å². The predicted octanol–water partition coefficient (Wildman–Crippen LogP) is 2.25. The van der Waals surface area contributed by atoms with E-state index >= 15 is 0 Å². The van der Waals surface area contributed by atoms with Crippen LogP contribution in [-0.4, -0.2) is 26.0 Å². The van der Waals surface area contributed by atoms with E-state index in [1.54, 1.807) is 13.1 Å². The normalized spacial score (nSPS) is 10.2. The largest absolute Gasteiger partial charge is 0.397 e. The van der Waals surface area contributed by atoms with Crippen molar-refractivity contribution < 1.29 is 4.79 Å².